The van der Waals surface area contributed by atoms with E-state index in [4.69, 9.17) is 9.47 Å². The molecule has 0 aromatic heterocycles. The van der Waals surface area contributed by atoms with Crippen LogP contribution in [0.4, 0.5) is 11.4 Å². The number of benzene rings is 2. The van der Waals surface area contributed by atoms with Crippen molar-refractivity contribution in [2.24, 2.45) is 0 Å². The van der Waals surface area contributed by atoms with Gasteiger partial charge in [0.05, 0.1) is 5.69 Å². The first-order valence-electron chi connectivity index (χ1n) is 10.0. The van der Waals surface area contributed by atoms with Crippen molar-refractivity contribution < 1.29 is 19.1 Å². The highest BCUT2D eigenvalue weighted by molar-refractivity contribution is 6.00. The number of amides is 2. The molecule has 0 radical (unpaired) electrons. The summed E-state index contributed by atoms with van der Waals surface area (Å²) in [7, 11) is 3.93. The number of carbonyl (C=O) groups is 2. The second-order valence-corrected chi connectivity index (χ2v) is 7.84. The third-order valence-electron chi connectivity index (χ3n) is 4.93. The Balaban J connectivity index is 1.68. The van der Waals surface area contributed by atoms with Gasteiger partial charge in [0, 0.05) is 24.8 Å². The number of hydrogen-bond donors (Lipinski definition) is 1. The van der Waals surface area contributed by atoms with Crippen molar-refractivity contribution in [2.75, 3.05) is 44.0 Å². The fourth-order valence-corrected chi connectivity index (χ4v) is 3.22. The zero-order valence-electron chi connectivity index (χ0n) is 18.2. The minimum Gasteiger partial charge on any atom is -0.483 e. The minimum atomic E-state index is -0.571. The molecule has 7 nitrogen and oxygen atoms in total. The number of anilines is 2. The fourth-order valence-electron chi connectivity index (χ4n) is 3.22. The molecule has 30 heavy (non-hydrogen) atoms. The molecule has 2 aromatic rings. The highest BCUT2D eigenvalue weighted by Gasteiger charge is 2.31. The van der Waals surface area contributed by atoms with E-state index in [1.54, 1.807) is 30.0 Å². The second kappa shape index (κ2) is 9.17. The number of likely N-dealkylation sites (N-methyl/N-ethyl adjacent to an activating group) is 1. The van der Waals surface area contributed by atoms with Gasteiger partial charge >= 0.3 is 0 Å². The zero-order chi connectivity index (χ0) is 21.8. The largest absolute Gasteiger partial charge is 0.483 e. The van der Waals surface area contributed by atoms with Gasteiger partial charge in [0.15, 0.2) is 12.7 Å². The van der Waals surface area contributed by atoms with Gasteiger partial charge in [0.1, 0.15) is 11.5 Å². The van der Waals surface area contributed by atoms with Crippen molar-refractivity contribution in [3.05, 3.63) is 47.5 Å². The smallest absolute Gasteiger partial charge is 0.267 e. The number of nitrogens with one attached hydrogen (secondary N) is 1. The lowest BCUT2D eigenvalue weighted by Crippen LogP contribution is -2.46. The van der Waals surface area contributed by atoms with Gasteiger partial charge < -0.3 is 24.6 Å². The Bertz CT molecular complexity index is 942. The monoisotopic (exact) mass is 411 g/mol. The Morgan fingerprint density at radius 2 is 1.97 bits per heavy atom. The summed E-state index contributed by atoms with van der Waals surface area (Å²) in [5.41, 5.74) is 3.36. The van der Waals surface area contributed by atoms with Crippen LogP contribution in [0.15, 0.2) is 36.4 Å². The van der Waals surface area contributed by atoms with Gasteiger partial charge in [0.2, 0.25) is 0 Å². The first kappa shape index (κ1) is 21.6. The summed E-state index contributed by atoms with van der Waals surface area (Å²) >= 11 is 0. The van der Waals surface area contributed by atoms with E-state index in [-0.39, 0.29) is 18.4 Å². The topological polar surface area (TPSA) is 71.1 Å². The Morgan fingerprint density at radius 1 is 1.20 bits per heavy atom. The average molecular weight is 412 g/mol. The van der Waals surface area contributed by atoms with Gasteiger partial charge in [-0.2, -0.15) is 0 Å². The maximum Gasteiger partial charge on any atom is 0.267 e. The van der Waals surface area contributed by atoms with Crippen molar-refractivity contribution in [3.8, 4) is 11.5 Å². The van der Waals surface area contributed by atoms with Crippen LogP contribution in [0.5, 0.6) is 11.5 Å². The predicted octanol–water partition coefficient (Wildman–Crippen LogP) is 3.00. The summed E-state index contributed by atoms with van der Waals surface area (Å²) in [6.45, 7) is 6.88. The molecule has 2 aromatic carbocycles. The van der Waals surface area contributed by atoms with E-state index in [0.29, 0.717) is 29.4 Å². The van der Waals surface area contributed by atoms with Gasteiger partial charge in [-0.25, -0.2) is 0 Å². The molecule has 1 aliphatic heterocycles. The van der Waals surface area contributed by atoms with Gasteiger partial charge in [-0.1, -0.05) is 12.1 Å². The summed E-state index contributed by atoms with van der Waals surface area (Å²) in [6.07, 6.45) is -0.571. The molecular weight excluding hydrogens is 382 g/mol. The number of hydrogen-bond acceptors (Lipinski definition) is 5. The fraction of sp³-hybridized carbons (Fsp3) is 0.391. The van der Waals surface area contributed by atoms with Crippen LogP contribution < -0.4 is 19.7 Å². The molecular formula is C23H29N3O4. The van der Waals surface area contributed by atoms with Gasteiger partial charge in [0.25, 0.3) is 11.8 Å². The molecule has 1 heterocycles. The summed E-state index contributed by atoms with van der Waals surface area (Å²) in [4.78, 5) is 28.7. The van der Waals surface area contributed by atoms with Crippen LogP contribution in [-0.4, -0.2) is 56.6 Å². The molecule has 0 fully saturated rings. The van der Waals surface area contributed by atoms with E-state index in [2.05, 4.69) is 5.32 Å². The zero-order valence-corrected chi connectivity index (χ0v) is 18.2. The summed E-state index contributed by atoms with van der Waals surface area (Å²) < 4.78 is 11.4. The summed E-state index contributed by atoms with van der Waals surface area (Å²) in [6, 6.07) is 11.2. The molecule has 160 valence electrons. The van der Waals surface area contributed by atoms with Crippen LogP contribution in [0.25, 0.3) is 0 Å². The highest BCUT2D eigenvalue weighted by Crippen LogP contribution is 2.36. The van der Waals surface area contributed by atoms with Crippen LogP contribution >= 0.6 is 0 Å². The van der Waals surface area contributed by atoms with E-state index in [0.717, 1.165) is 17.7 Å². The number of aryl methyl sites for hydroxylation is 2. The lowest BCUT2D eigenvalue weighted by atomic mass is 10.1. The normalized spacial score (nSPS) is 15.6. The maximum atomic E-state index is 12.5. The molecule has 1 N–H and O–H groups in total. The van der Waals surface area contributed by atoms with Crippen molar-refractivity contribution in [2.45, 2.75) is 26.9 Å². The van der Waals surface area contributed by atoms with Gasteiger partial charge in [-0.3, -0.25) is 9.59 Å². The van der Waals surface area contributed by atoms with E-state index < -0.39 is 6.10 Å². The lowest BCUT2D eigenvalue weighted by molar-refractivity contribution is -0.125. The predicted molar refractivity (Wildman–Crippen MR) is 117 cm³/mol. The standard InChI is InChI=1S/C23H29N3O4/c1-15-6-7-16(2)20(12-15)29-14-22(27)24-18-8-9-19-21(13-18)30-17(3)23(28)26(19)11-10-25(4)5/h6-9,12-13,17H,10-11,14H2,1-5H3,(H,24,27). The van der Waals surface area contributed by atoms with Crippen molar-refractivity contribution in [3.63, 3.8) is 0 Å². The molecule has 0 aliphatic carbocycles. The molecule has 0 bridgehead atoms. The van der Waals surface area contributed by atoms with E-state index in [1.807, 2.05) is 51.0 Å². The summed E-state index contributed by atoms with van der Waals surface area (Å²) in [5, 5.41) is 2.83. The Morgan fingerprint density at radius 3 is 2.70 bits per heavy atom. The SMILES string of the molecule is Cc1ccc(C)c(OCC(=O)Nc2ccc3c(c2)OC(C)C(=O)N3CCN(C)C)c1. The van der Waals surface area contributed by atoms with Crippen LogP contribution in [0.1, 0.15) is 18.1 Å². The van der Waals surface area contributed by atoms with Crippen LogP contribution in [0.3, 0.4) is 0 Å². The molecule has 7 heteroatoms. The second-order valence-electron chi connectivity index (χ2n) is 7.84. The third-order valence-corrected chi connectivity index (χ3v) is 4.93. The third kappa shape index (κ3) is 5.10. The quantitative estimate of drug-likeness (QED) is 0.758. The van der Waals surface area contributed by atoms with Crippen molar-refractivity contribution in [1.29, 1.82) is 0 Å². The Kier molecular flexibility index (Phi) is 6.62. The molecule has 1 atom stereocenters. The first-order chi connectivity index (χ1) is 14.2. The van der Waals surface area contributed by atoms with Crippen molar-refractivity contribution >= 4 is 23.2 Å². The lowest BCUT2D eigenvalue weighted by Gasteiger charge is -2.34. The first-order valence-corrected chi connectivity index (χ1v) is 10.0. The molecule has 2 amide bonds. The number of nitrogens with zero attached hydrogens (tertiary/aromatic N) is 2. The highest BCUT2D eigenvalue weighted by atomic mass is 16.5. The number of fused-ring (bicyclic) bond motifs is 1. The number of ether oxygens (including phenoxy) is 2. The van der Waals surface area contributed by atoms with Crippen molar-refractivity contribution in [1.82, 2.24) is 4.90 Å². The molecule has 3 rings (SSSR count). The Labute approximate surface area is 177 Å². The average Bonchev–Trinajstić information content (AvgIpc) is 2.69. The molecule has 0 saturated carbocycles. The molecule has 1 unspecified atom stereocenters. The maximum absolute atomic E-state index is 12.5. The van der Waals surface area contributed by atoms with Gasteiger partial charge in [-0.05, 0) is 64.2 Å². The van der Waals surface area contributed by atoms with Crippen LogP contribution in [0.2, 0.25) is 0 Å². The van der Waals surface area contributed by atoms with E-state index >= 15 is 0 Å². The molecule has 0 saturated heterocycles. The van der Waals surface area contributed by atoms with Crippen LogP contribution in [-0.2, 0) is 9.59 Å². The molecule has 0 spiro atoms. The van der Waals surface area contributed by atoms with E-state index in [1.165, 1.54) is 0 Å². The molecule has 1 aliphatic rings. The Hall–Kier alpha value is -3.06. The minimum absolute atomic E-state index is 0.0666. The number of carbonyl (C=O) groups excluding carboxylic acids is 2. The summed E-state index contributed by atoms with van der Waals surface area (Å²) in [5.74, 6) is 0.945. The number of rotatable bonds is 7. The van der Waals surface area contributed by atoms with Gasteiger partial charge in [-0.15, -0.1) is 0 Å². The van der Waals surface area contributed by atoms with Crippen LogP contribution in [0, 0.1) is 13.8 Å². The van der Waals surface area contributed by atoms with E-state index in [9.17, 15) is 9.59 Å².